The molecule has 1 aromatic carbocycles. The van der Waals surface area contributed by atoms with Gasteiger partial charge in [0.25, 0.3) is 0 Å². The number of fused-ring (bicyclic) bond motifs is 1. The van der Waals surface area contributed by atoms with Gasteiger partial charge in [-0.05, 0) is 49.3 Å². The fourth-order valence-electron chi connectivity index (χ4n) is 3.95. The van der Waals surface area contributed by atoms with Crippen molar-refractivity contribution in [2.75, 3.05) is 0 Å². The van der Waals surface area contributed by atoms with Crippen LogP contribution in [0.1, 0.15) is 65.0 Å². The maximum atomic E-state index is 12.8. The van der Waals surface area contributed by atoms with Crippen molar-refractivity contribution in [3.05, 3.63) is 89.1 Å². The molecule has 1 fully saturated rings. The third kappa shape index (κ3) is 5.03. The number of aromatic nitrogens is 4. The van der Waals surface area contributed by atoms with Crippen LogP contribution in [0.15, 0.2) is 61.1 Å². The first kappa shape index (κ1) is 21.1. The van der Waals surface area contributed by atoms with Gasteiger partial charge in [0.05, 0.1) is 17.9 Å². The Kier molecular flexibility index (Phi) is 5.77. The highest BCUT2D eigenvalue weighted by atomic mass is 16.5. The number of aryl methyl sites for hydroxylation is 1. The molecule has 1 saturated carbocycles. The number of esters is 1. The van der Waals surface area contributed by atoms with Crippen molar-refractivity contribution in [1.82, 2.24) is 19.2 Å². The number of benzene rings is 1. The Morgan fingerprint density at radius 1 is 1.06 bits per heavy atom. The summed E-state index contributed by atoms with van der Waals surface area (Å²) in [7, 11) is 0. The minimum absolute atomic E-state index is 0.0555. The Hall–Kier alpha value is -3.74. The molecule has 0 amide bonds. The number of carbonyl (C=O) groups excluding carboxylic acids is 2. The normalized spacial score (nSPS) is 13.4. The Morgan fingerprint density at radius 3 is 2.64 bits per heavy atom. The van der Waals surface area contributed by atoms with E-state index in [2.05, 4.69) is 21.8 Å². The van der Waals surface area contributed by atoms with Crippen molar-refractivity contribution in [2.45, 2.75) is 51.7 Å². The maximum absolute atomic E-state index is 12.8. The summed E-state index contributed by atoms with van der Waals surface area (Å²) in [5.41, 5.74) is 4.97. The second-order valence-corrected chi connectivity index (χ2v) is 8.69. The first-order valence-corrected chi connectivity index (χ1v) is 11.3. The number of imidazole rings is 1. The van der Waals surface area contributed by atoms with E-state index >= 15 is 0 Å². The molecule has 7 heteroatoms. The number of Topliss-reactive ketones (excluding diaryl/α,β-unsaturated/α-hetero) is 1. The van der Waals surface area contributed by atoms with E-state index in [1.807, 2.05) is 42.6 Å². The molecule has 4 aromatic rings. The van der Waals surface area contributed by atoms with E-state index in [4.69, 9.17) is 9.72 Å². The van der Waals surface area contributed by atoms with Crippen LogP contribution in [0.25, 0.3) is 5.65 Å². The summed E-state index contributed by atoms with van der Waals surface area (Å²) in [5.74, 6) is 0.298. The summed E-state index contributed by atoms with van der Waals surface area (Å²) in [6, 6.07) is 13.7. The van der Waals surface area contributed by atoms with Crippen LogP contribution in [0, 0.1) is 0 Å². The predicted octanol–water partition coefficient (Wildman–Crippen LogP) is 4.34. The van der Waals surface area contributed by atoms with E-state index in [1.165, 1.54) is 25.3 Å². The SMILES string of the molecule is CC(=O)CCc1nn(Cc2cn3cc(C4CC4)ccc3n2)cc1C(=O)OCc1ccccc1. The van der Waals surface area contributed by atoms with Gasteiger partial charge in [-0.15, -0.1) is 0 Å². The van der Waals surface area contributed by atoms with Gasteiger partial charge in [-0.3, -0.25) is 4.68 Å². The summed E-state index contributed by atoms with van der Waals surface area (Å²) in [6.07, 6.45) is 9.09. The molecule has 0 saturated heterocycles. The minimum atomic E-state index is -0.437. The zero-order chi connectivity index (χ0) is 22.8. The average Bonchev–Trinajstić information content (AvgIpc) is 3.47. The molecule has 1 aliphatic rings. The first-order chi connectivity index (χ1) is 16.0. The number of carbonyl (C=O) groups is 2. The van der Waals surface area contributed by atoms with E-state index in [9.17, 15) is 9.59 Å². The lowest BCUT2D eigenvalue weighted by Gasteiger charge is -2.04. The molecule has 0 aliphatic heterocycles. The van der Waals surface area contributed by atoms with Crippen molar-refractivity contribution >= 4 is 17.4 Å². The number of ether oxygens (including phenoxy) is 1. The highest BCUT2D eigenvalue weighted by Gasteiger charge is 2.24. The maximum Gasteiger partial charge on any atom is 0.341 e. The number of nitrogens with zero attached hydrogens (tertiary/aromatic N) is 4. The first-order valence-electron chi connectivity index (χ1n) is 11.3. The monoisotopic (exact) mass is 442 g/mol. The molecule has 168 valence electrons. The Bertz CT molecular complexity index is 1300. The highest BCUT2D eigenvalue weighted by molar-refractivity contribution is 5.90. The fourth-order valence-corrected chi connectivity index (χ4v) is 3.95. The molecule has 7 nitrogen and oxygen atoms in total. The smallest absolute Gasteiger partial charge is 0.341 e. The predicted molar refractivity (Wildman–Crippen MR) is 123 cm³/mol. The van der Waals surface area contributed by atoms with E-state index in [-0.39, 0.29) is 12.4 Å². The standard InChI is InChI=1S/C26H26N4O3/c1-18(31)7-11-24-23(26(32)33-17-19-5-3-2-4-6-19)16-30(28-24)15-22-14-29-13-21(20-8-9-20)10-12-25(29)27-22/h2-6,10,12-14,16,20H,7-9,11,15,17H2,1H3. The van der Waals surface area contributed by atoms with Gasteiger partial charge in [-0.25, -0.2) is 9.78 Å². The van der Waals surface area contributed by atoms with Crippen molar-refractivity contribution < 1.29 is 14.3 Å². The molecule has 0 spiro atoms. The van der Waals surface area contributed by atoms with Crippen LogP contribution in [0.3, 0.4) is 0 Å². The van der Waals surface area contributed by atoms with E-state index in [0.29, 0.717) is 36.6 Å². The summed E-state index contributed by atoms with van der Waals surface area (Å²) >= 11 is 0. The topological polar surface area (TPSA) is 78.5 Å². The van der Waals surface area contributed by atoms with Gasteiger partial charge in [0.15, 0.2) is 0 Å². The number of pyridine rings is 1. The van der Waals surface area contributed by atoms with Crippen LogP contribution in [0.5, 0.6) is 0 Å². The van der Waals surface area contributed by atoms with Crippen LogP contribution in [-0.2, 0) is 29.1 Å². The van der Waals surface area contributed by atoms with Gasteiger partial charge < -0.3 is 13.9 Å². The second kappa shape index (κ2) is 9.02. The lowest BCUT2D eigenvalue weighted by atomic mass is 10.1. The van der Waals surface area contributed by atoms with Crippen LogP contribution in [0.4, 0.5) is 0 Å². The van der Waals surface area contributed by atoms with Crippen molar-refractivity contribution in [1.29, 1.82) is 0 Å². The number of ketones is 1. The molecule has 0 bridgehead atoms. The molecule has 1 aliphatic carbocycles. The molecule has 0 atom stereocenters. The lowest BCUT2D eigenvalue weighted by molar-refractivity contribution is -0.117. The molecule has 0 radical (unpaired) electrons. The molecule has 3 heterocycles. The second-order valence-electron chi connectivity index (χ2n) is 8.69. The molecule has 0 N–H and O–H groups in total. The van der Waals surface area contributed by atoms with Gasteiger partial charge in [0.1, 0.15) is 23.6 Å². The number of hydrogen-bond donors (Lipinski definition) is 0. The van der Waals surface area contributed by atoms with Crippen LogP contribution in [0.2, 0.25) is 0 Å². The van der Waals surface area contributed by atoms with Gasteiger partial charge in [0, 0.05) is 25.0 Å². The Balaban J connectivity index is 1.35. The molecule has 3 aromatic heterocycles. The Labute approximate surface area is 192 Å². The zero-order valence-corrected chi connectivity index (χ0v) is 18.6. The van der Waals surface area contributed by atoms with Crippen LogP contribution >= 0.6 is 0 Å². The molecule has 0 unspecified atom stereocenters. The highest BCUT2D eigenvalue weighted by Crippen LogP contribution is 2.39. The lowest BCUT2D eigenvalue weighted by Crippen LogP contribution is -2.08. The molecular formula is C26H26N4O3. The van der Waals surface area contributed by atoms with Gasteiger partial charge in [-0.2, -0.15) is 5.10 Å². The van der Waals surface area contributed by atoms with Gasteiger partial charge in [-0.1, -0.05) is 36.4 Å². The summed E-state index contributed by atoms with van der Waals surface area (Å²) in [6.45, 7) is 2.16. The Morgan fingerprint density at radius 2 is 1.88 bits per heavy atom. The summed E-state index contributed by atoms with van der Waals surface area (Å²) in [4.78, 5) is 29.0. The number of rotatable bonds is 9. The van der Waals surface area contributed by atoms with E-state index in [1.54, 1.807) is 10.9 Å². The number of hydrogen-bond acceptors (Lipinski definition) is 5. The van der Waals surface area contributed by atoms with Gasteiger partial charge in [0.2, 0.25) is 0 Å². The largest absolute Gasteiger partial charge is 0.457 e. The fraction of sp³-hybridized carbons (Fsp3) is 0.308. The third-order valence-electron chi connectivity index (χ3n) is 5.88. The third-order valence-corrected chi connectivity index (χ3v) is 5.88. The molecular weight excluding hydrogens is 416 g/mol. The van der Waals surface area contributed by atoms with Crippen LogP contribution in [-0.4, -0.2) is 30.9 Å². The van der Waals surface area contributed by atoms with Gasteiger partial charge >= 0.3 is 5.97 Å². The van der Waals surface area contributed by atoms with Crippen molar-refractivity contribution in [3.63, 3.8) is 0 Å². The van der Waals surface area contributed by atoms with E-state index in [0.717, 1.165) is 16.9 Å². The summed E-state index contributed by atoms with van der Waals surface area (Å²) < 4.78 is 9.28. The molecule has 5 rings (SSSR count). The van der Waals surface area contributed by atoms with E-state index < -0.39 is 5.97 Å². The van der Waals surface area contributed by atoms with Crippen LogP contribution < -0.4 is 0 Å². The quantitative estimate of drug-likeness (QED) is 0.361. The summed E-state index contributed by atoms with van der Waals surface area (Å²) in [5, 5.41) is 4.59. The van der Waals surface area contributed by atoms with Crippen molar-refractivity contribution in [2.24, 2.45) is 0 Å². The van der Waals surface area contributed by atoms with Crippen molar-refractivity contribution in [3.8, 4) is 0 Å². The minimum Gasteiger partial charge on any atom is -0.457 e. The zero-order valence-electron chi connectivity index (χ0n) is 18.6. The molecule has 33 heavy (non-hydrogen) atoms. The average molecular weight is 443 g/mol.